The summed E-state index contributed by atoms with van der Waals surface area (Å²) in [6.07, 6.45) is 7.75. The van der Waals surface area contributed by atoms with Gasteiger partial charge in [-0.2, -0.15) is 0 Å². The molecular weight excluding hydrogens is 298 g/mol. The highest BCUT2D eigenvalue weighted by Gasteiger charge is 2.20. The zero-order chi connectivity index (χ0) is 15.2. The molecule has 1 fully saturated rings. The van der Waals surface area contributed by atoms with Crippen LogP contribution in [0.3, 0.4) is 0 Å². The first-order valence-electron chi connectivity index (χ1n) is 7.78. The van der Waals surface area contributed by atoms with E-state index in [1.54, 1.807) is 18.4 Å². The molecule has 0 bridgehead atoms. The van der Waals surface area contributed by atoms with Gasteiger partial charge in [-0.25, -0.2) is 4.98 Å². The number of aliphatic imine (C=N–C) groups is 1. The number of imidazole rings is 1. The van der Waals surface area contributed by atoms with Crippen molar-refractivity contribution in [1.82, 2.24) is 20.0 Å². The fourth-order valence-corrected chi connectivity index (χ4v) is 2.89. The number of nitrogens with one attached hydrogen (secondary N) is 2. The van der Waals surface area contributed by atoms with Gasteiger partial charge in [-0.1, -0.05) is 0 Å². The highest BCUT2D eigenvalue weighted by Crippen LogP contribution is 2.28. The Bertz CT molecular complexity index is 588. The third-order valence-electron chi connectivity index (χ3n) is 3.61. The lowest BCUT2D eigenvalue weighted by molar-refractivity contribution is 0.123. The molecule has 7 heteroatoms. The summed E-state index contributed by atoms with van der Waals surface area (Å²) in [6.45, 7) is 3.29. The topological polar surface area (TPSA) is 63.0 Å². The number of hydrogen-bond acceptors (Lipinski definition) is 4. The van der Waals surface area contributed by atoms with Gasteiger partial charge in [0.05, 0.1) is 12.2 Å². The monoisotopic (exact) mass is 321 g/mol. The molecule has 1 aliphatic carbocycles. The van der Waals surface area contributed by atoms with Gasteiger partial charge in [0.25, 0.3) is 0 Å². The van der Waals surface area contributed by atoms with Crippen molar-refractivity contribution in [2.24, 2.45) is 10.9 Å². The van der Waals surface area contributed by atoms with Crippen LogP contribution < -0.4 is 10.6 Å². The Morgan fingerprint density at radius 1 is 1.50 bits per heavy atom. The molecule has 2 aromatic heterocycles. The van der Waals surface area contributed by atoms with Gasteiger partial charge in [-0.15, -0.1) is 11.3 Å². The van der Waals surface area contributed by atoms with Crippen LogP contribution in [-0.2, 0) is 11.3 Å². The van der Waals surface area contributed by atoms with Crippen LogP contribution in [0, 0.1) is 5.92 Å². The van der Waals surface area contributed by atoms with Crippen molar-refractivity contribution in [3.8, 4) is 0 Å². The number of rotatable bonds is 8. The Morgan fingerprint density at radius 3 is 3.18 bits per heavy atom. The van der Waals surface area contributed by atoms with E-state index < -0.39 is 0 Å². The smallest absolute Gasteiger partial charge is 0.193 e. The number of ether oxygens (including phenoxy) is 1. The average molecular weight is 321 g/mol. The van der Waals surface area contributed by atoms with Crippen molar-refractivity contribution in [2.75, 3.05) is 26.8 Å². The zero-order valence-electron chi connectivity index (χ0n) is 12.9. The van der Waals surface area contributed by atoms with Crippen molar-refractivity contribution in [2.45, 2.75) is 25.8 Å². The van der Waals surface area contributed by atoms with Gasteiger partial charge in [-0.05, 0) is 25.2 Å². The molecule has 3 rings (SSSR count). The van der Waals surface area contributed by atoms with Crippen LogP contribution in [0.5, 0.6) is 0 Å². The van der Waals surface area contributed by atoms with Gasteiger partial charge in [-0.3, -0.25) is 9.39 Å². The molecule has 0 unspecified atom stereocenters. The minimum absolute atomic E-state index is 0.673. The van der Waals surface area contributed by atoms with Crippen molar-refractivity contribution >= 4 is 22.3 Å². The second kappa shape index (κ2) is 7.60. The van der Waals surface area contributed by atoms with E-state index in [1.165, 1.54) is 12.8 Å². The van der Waals surface area contributed by atoms with Gasteiger partial charge in [0.15, 0.2) is 10.9 Å². The zero-order valence-corrected chi connectivity index (χ0v) is 13.7. The summed E-state index contributed by atoms with van der Waals surface area (Å²) in [5.74, 6) is 1.64. The van der Waals surface area contributed by atoms with Crippen molar-refractivity contribution in [3.63, 3.8) is 0 Å². The maximum atomic E-state index is 5.62. The number of fused-ring (bicyclic) bond motifs is 1. The summed E-state index contributed by atoms with van der Waals surface area (Å²) in [6, 6.07) is 0. The summed E-state index contributed by atoms with van der Waals surface area (Å²) in [5, 5.41) is 8.61. The van der Waals surface area contributed by atoms with Gasteiger partial charge >= 0.3 is 0 Å². The number of nitrogens with zero attached hydrogens (tertiary/aromatic N) is 3. The van der Waals surface area contributed by atoms with Gasteiger partial charge in [0.2, 0.25) is 0 Å². The predicted molar refractivity (Wildman–Crippen MR) is 89.4 cm³/mol. The second-order valence-corrected chi connectivity index (χ2v) is 6.42. The Hall–Kier alpha value is -1.60. The molecule has 2 aromatic rings. The molecule has 120 valence electrons. The Balaban J connectivity index is 1.32. The van der Waals surface area contributed by atoms with E-state index in [4.69, 9.17) is 4.74 Å². The lowest BCUT2D eigenvalue weighted by Gasteiger charge is -2.11. The van der Waals surface area contributed by atoms with E-state index >= 15 is 0 Å². The van der Waals surface area contributed by atoms with E-state index in [9.17, 15) is 0 Å². The first-order chi connectivity index (χ1) is 10.8. The van der Waals surface area contributed by atoms with Gasteiger partial charge < -0.3 is 15.4 Å². The molecule has 0 atom stereocenters. The highest BCUT2D eigenvalue weighted by atomic mass is 32.1. The molecule has 2 N–H and O–H groups in total. The fraction of sp³-hybridized carbons (Fsp3) is 0.600. The summed E-state index contributed by atoms with van der Waals surface area (Å²) in [4.78, 5) is 9.78. The molecule has 0 aliphatic heterocycles. The molecule has 6 nitrogen and oxygen atoms in total. The minimum Gasteiger partial charge on any atom is -0.381 e. The summed E-state index contributed by atoms with van der Waals surface area (Å²) >= 11 is 1.64. The van der Waals surface area contributed by atoms with Crippen molar-refractivity contribution in [3.05, 3.63) is 23.5 Å². The first-order valence-corrected chi connectivity index (χ1v) is 8.66. The molecule has 0 saturated heterocycles. The summed E-state index contributed by atoms with van der Waals surface area (Å²) < 4.78 is 7.65. The molecule has 1 saturated carbocycles. The van der Waals surface area contributed by atoms with Crippen LogP contribution in [0.4, 0.5) is 0 Å². The molecule has 0 radical (unpaired) electrons. The number of guanidine groups is 1. The quantitative estimate of drug-likeness (QED) is 0.443. The van der Waals surface area contributed by atoms with E-state index in [2.05, 4.69) is 20.6 Å². The average Bonchev–Trinajstić information content (AvgIpc) is 3.11. The van der Waals surface area contributed by atoms with Crippen LogP contribution in [0.15, 0.2) is 22.8 Å². The van der Waals surface area contributed by atoms with Crippen molar-refractivity contribution < 1.29 is 4.74 Å². The van der Waals surface area contributed by atoms with Crippen LogP contribution in [0.25, 0.3) is 4.96 Å². The fourth-order valence-electron chi connectivity index (χ4n) is 2.17. The lowest BCUT2D eigenvalue weighted by atomic mass is 10.4. The second-order valence-electron chi connectivity index (χ2n) is 5.55. The lowest BCUT2D eigenvalue weighted by Crippen LogP contribution is -2.37. The number of hydrogen-bond donors (Lipinski definition) is 2. The number of aromatic nitrogens is 2. The van der Waals surface area contributed by atoms with Crippen LogP contribution in [0.2, 0.25) is 0 Å². The Labute approximate surface area is 134 Å². The standard InChI is InChI=1S/C15H23N5OS/c1-16-14(17-5-2-7-21-11-12-3-4-12)18-9-13-10-20-6-8-22-15(20)19-13/h6,8,10,12H,2-5,7,9,11H2,1H3,(H2,16,17,18). The molecule has 0 aromatic carbocycles. The maximum absolute atomic E-state index is 5.62. The van der Waals surface area contributed by atoms with E-state index in [0.29, 0.717) is 6.54 Å². The Kier molecular flexibility index (Phi) is 5.29. The maximum Gasteiger partial charge on any atom is 0.193 e. The molecule has 2 heterocycles. The summed E-state index contributed by atoms with van der Waals surface area (Å²) in [7, 11) is 1.78. The van der Waals surface area contributed by atoms with Gasteiger partial charge in [0.1, 0.15) is 0 Å². The Morgan fingerprint density at radius 2 is 2.41 bits per heavy atom. The van der Waals surface area contributed by atoms with Crippen LogP contribution >= 0.6 is 11.3 Å². The normalized spacial score (nSPS) is 15.4. The van der Waals surface area contributed by atoms with E-state index in [1.807, 2.05) is 22.2 Å². The third-order valence-corrected chi connectivity index (χ3v) is 4.38. The molecule has 0 spiro atoms. The van der Waals surface area contributed by atoms with E-state index in [0.717, 1.165) is 48.7 Å². The minimum atomic E-state index is 0.673. The molecule has 0 amide bonds. The van der Waals surface area contributed by atoms with Crippen LogP contribution in [-0.4, -0.2) is 42.2 Å². The van der Waals surface area contributed by atoms with Crippen LogP contribution in [0.1, 0.15) is 25.0 Å². The van der Waals surface area contributed by atoms with E-state index in [-0.39, 0.29) is 0 Å². The molecular formula is C15H23N5OS. The number of thiazole rings is 1. The SMILES string of the molecule is CN=C(NCCCOCC1CC1)NCc1cn2ccsc2n1. The van der Waals surface area contributed by atoms with Crippen molar-refractivity contribution in [1.29, 1.82) is 0 Å². The highest BCUT2D eigenvalue weighted by molar-refractivity contribution is 7.15. The van der Waals surface area contributed by atoms with Gasteiger partial charge in [0, 0.05) is 44.6 Å². The molecule has 22 heavy (non-hydrogen) atoms. The predicted octanol–water partition coefficient (Wildman–Crippen LogP) is 1.88. The third kappa shape index (κ3) is 4.45. The largest absolute Gasteiger partial charge is 0.381 e. The first kappa shape index (κ1) is 15.3. The molecule has 1 aliphatic rings. The summed E-state index contributed by atoms with van der Waals surface area (Å²) in [5.41, 5.74) is 1.02.